The van der Waals surface area contributed by atoms with Crippen LogP contribution in [0.2, 0.25) is 0 Å². The normalized spacial score (nSPS) is 11.0. The molecule has 2 rings (SSSR count). The minimum absolute atomic E-state index is 0.622. The van der Waals surface area contributed by atoms with Gasteiger partial charge in [0.15, 0.2) is 0 Å². The van der Waals surface area contributed by atoms with E-state index in [9.17, 15) is 0 Å². The van der Waals surface area contributed by atoms with Crippen molar-refractivity contribution in [3.8, 4) is 0 Å². The topological polar surface area (TPSA) is 38.0 Å². The van der Waals surface area contributed by atoms with Gasteiger partial charge in [-0.25, -0.2) is 0 Å². The molecule has 2 nitrogen and oxygen atoms in total. The van der Waals surface area contributed by atoms with E-state index in [1.807, 2.05) is 18.4 Å². The SMILES string of the molecule is CNCc1cc2cccc(CN)c2s1. The Labute approximate surface area is 87.7 Å². The Kier molecular flexibility index (Phi) is 2.82. The lowest BCUT2D eigenvalue weighted by molar-refractivity contribution is 0.832. The van der Waals surface area contributed by atoms with Crippen LogP contribution in [0, 0.1) is 0 Å². The standard InChI is InChI=1S/C11H14N2S/c1-13-7-10-5-8-3-2-4-9(6-12)11(8)14-10/h2-5,13H,6-7,12H2,1H3. The van der Waals surface area contributed by atoms with Crippen molar-refractivity contribution >= 4 is 21.4 Å². The fraction of sp³-hybridized carbons (Fsp3) is 0.273. The third-order valence-electron chi connectivity index (χ3n) is 2.25. The quantitative estimate of drug-likeness (QED) is 0.807. The summed E-state index contributed by atoms with van der Waals surface area (Å²) in [4.78, 5) is 1.36. The van der Waals surface area contributed by atoms with Crippen LogP contribution in [0.5, 0.6) is 0 Å². The van der Waals surface area contributed by atoms with E-state index in [1.54, 1.807) is 0 Å². The predicted octanol–water partition coefficient (Wildman–Crippen LogP) is 2.08. The van der Waals surface area contributed by atoms with Crippen LogP contribution in [0.1, 0.15) is 10.4 Å². The Morgan fingerprint density at radius 3 is 3.00 bits per heavy atom. The summed E-state index contributed by atoms with van der Waals surface area (Å²) in [5, 5.41) is 4.47. The van der Waals surface area contributed by atoms with E-state index in [0.29, 0.717) is 6.54 Å². The molecule has 0 aliphatic heterocycles. The third kappa shape index (κ3) is 1.66. The van der Waals surface area contributed by atoms with Crippen LogP contribution < -0.4 is 11.1 Å². The van der Waals surface area contributed by atoms with Gasteiger partial charge in [-0.1, -0.05) is 18.2 Å². The first-order valence-electron chi connectivity index (χ1n) is 4.70. The summed E-state index contributed by atoms with van der Waals surface area (Å²) in [5.74, 6) is 0. The molecule has 14 heavy (non-hydrogen) atoms. The zero-order valence-corrected chi connectivity index (χ0v) is 9.03. The largest absolute Gasteiger partial charge is 0.326 e. The maximum Gasteiger partial charge on any atom is 0.0391 e. The minimum Gasteiger partial charge on any atom is -0.326 e. The molecule has 1 aromatic carbocycles. The number of fused-ring (bicyclic) bond motifs is 1. The first-order valence-corrected chi connectivity index (χ1v) is 5.52. The molecule has 0 radical (unpaired) electrons. The zero-order valence-electron chi connectivity index (χ0n) is 8.21. The van der Waals surface area contributed by atoms with Crippen molar-refractivity contribution in [3.63, 3.8) is 0 Å². The second-order valence-corrected chi connectivity index (χ2v) is 4.42. The van der Waals surface area contributed by atoms with Gasteiger partial charge < -0.3 is 11.1 Å². The van der Waals surface area contributed by atoms with Gasteiger partial charge in [-0.2, -0.15) is 0 Å². The monoisotopic (exact) mass is 206 g/mol. The summed E-state index contributed by atoms with van der Waals surface area (Å²) < 4.78 is 1.33. The van der Waals surface area contributed by atoms with Crippen molar-refractivity contribution in [3.05, 3.63) is 34.7 Å². The Morgan fingerprint density at radius 2 is 2.29 bits per heavy atom. The first-order chi connectivity index (χ1) is 6.85. The number of nitrogens with two attached hydrogens (primary N) is 1. The lowest BCUT2D eigenvalue weighted by Crippen LogP contribution is -2.02. The molecule has 0 saturated heterocycles. The molecule has 0 amide bonds. The van der Waals surface area contributed by atoms with E-state index in [1.165, 1.54) is 20.5 Å². The highest BCUT2D eigenvalue weighted by atomic mass is 32.1. The van der Waals surface area contributed by atoms with E-state index in [-0.39, 0.29) is 0 Å². The highest BCUT2D eigenvalue weighted by Gasteiger charge is 2.04. The molecule has 3 N–H and O–H groups in total. The molecule has 1 aromatic heterocycles. The molecule has 0 spiro atoms. The molecule has 0 saturated carbocycles. The summed E-state index contributed by atoms with van der Waals surface area (Å²) in [6.07, 6.45) is 0. The van der Waals surface area contributed by atoms with E-state index < -0.39 is 0 Å². The maximum atomic E-state index is 5.69. The van der Waals surface area contributed by atoms with Crippen molar-refractivity contribution < 1.29 is 0 Å². The van der Waals surface area contributed by atoms with Crippen LogP contribution in [-0.4, -0.2) is 7.05 Å². The van der Waals surface area contributed by atoms with Gasteiger partial charge in [0.05, 0.1) is 0 Å². The molecule has 0 fully saturated rings. The van der Waals surface area contributed by atoms with Crippen molar-refractivity contribution in [2.45, 2.75) is 13.1 Å². The van der Waals surface area contributed by atoms with Crippen molar-refractivity contribution in [2.75, 3.05) is 7.05 Å². The van der Waals surface area contributed by atoms with Gasteiger partial charge in [0.2, 0.25) is 0 Å². The number of thiophene rings is 1. The summed E-state index contributed by atoms with van der Waals surface area (Å²) in [5.41, 5.74) is 6.94. The molecule has 0 unspecified atom stereocenters. The Hall–Kier alpha value is -0.900. The van der Waals surface area contributed by atoms with Crippen molar-refractivity contribution in [2.24, 2.45) is 5.73 Å². The molecule has 0 aliphatic rings. The zero-order chi connectivity index (χ0) is 9.97. The van der Waals surface area contributed by atoms with E-state index in [0.717, 1.165) is 6.54 Å². The van der Waals surface area contributed by atoms with Crippen LogP contribution in [-0.2, 0) is 13.1 Å². The second-order valence-electron chi connectivity index (χ2n) is 3.28. The number of benzene rings is 1. The maximum absolute atomic E-state index is 5.69. The number of hydrogen-bond donors (Lipinski definition) is 2. The van der Waals surface area contributed by atoms with Gasteiger partial charge >= 0.3 is 0 Å². The van der Waals surface area contributed by atoms with E-state index in [2.05, 4.69) is 29.6 Å². The van der Waals surface area contributed by atoms with Gasteiger partial charge in [0.25, 0.3) is 0 Å². The fourth-order valence-electron chi connectivity index (χ4n) is 1.60. The molecule has 2 aromatic rings. The molecule has 0 bridgehead atoms. The molecule has 1 heterocycles. The molecule has 0 aliphatic carbocycles. The number of hydrogen-bond acceptors (Lipinski definition) is 3. The van der Waals surface area contributed by atoms with Crippen molar-refractivity contribution in [1.29, 1.82) is 0 Å². The smallest absolute Gasteiger partial charge is 0.0391 e. The molecular weight excluding hydrogens is 192 g/mol. The van der Waals surface area contributed by atoms with Gasteiger partial charge in [0, 0.05) is 22.7 Å². The average Bonchev–Trinajstić information content (AvgIpc) is 2.60. The lowest BCUT2D eigenvalue weighted by atomic mass is 10.1. The lowest BCUT2D eigenvalue weighted by Gasteiger charge is -1.96. The van der Waals surface area contributed by atoms with E-state index in [4.69, 9.17) is 5.73 Å². The minimum atomic E-state index is 0.622. The number of nitrogens with one attached hydrogen (secondary N) is 1. The van der Waals surface area contributed by atoms with Gasteiger partial charge in [-0.05, 0) is 24.1 Å². The van der Waals surface area contributed by atoms with Gasteiger partial charge in [-0.15, -0.1) is 11.3 Å². The summed E-state index contributed by atoms with van der Waals surface area (Å²) in [6, 6.07) is 8.54. The van der Waals surface area contributed by atoms with Crippen LogP contribution in [0.3, 0.4) is 0 Å². The van der Waals surface area contributed by atoms with Crippen LogP contribution >= 0.6 is 11.3 Å². The second kappa shape index (κ2) is 4.09. The van der Waals surface area contributed by atoms with Gasteiger partial charge in [-0.3, -0.25) is 0 Å². The molecule has 74 valence electrons. The number of rotatable bonds is 3. The van der Waals surface area contributed by atoms with Crippen LogP contribution in [0.4, 0.5) is 0 Å². The third-order valence-corrected chi connectivity index (χ3v) is 3.47. The highest BCUT2D eigenvalue weighted by molar-refractivity contribution is 7.19. The Balaban J connectivity index is 2.52. The Morgan fingerprint density at radius 1 is 1.43 bits per heavy atom. The highest BCUT2D eigenvalue weighted by Crippen LogP contribution is 2.28. The first kappa shape index (κ1) is 9.65. The average molecular weight is 206 g/mol. The molecule has 3 heteroatoms. The summed E-state index contributed by atoms with van der Waals surface area (Å²) >= 11 is 1.83. The fourth-order valence-corrected chi connectivity index (χ4v) is 2.79. The molecular formula is C11H14N2S. The van der Waals surface area contributed by atoms with Crippen LogP contribution in [0.25, 0.3) is 10.1 Å². The summed E-state index contributed by atoms with van der Waals surface area (Å²) in [6.45, 7) is 1.56. The summed E-state index contributed by atoms with van der Waals surface area (Å²) in [7, 11) is 1.97. The van der Waals surface area contributed by atoms with Crippen LogP contribution in [0.15, 0.2) is 24.3 Å². The Bertz CT molecular complexity index is 434. The van der Waals surface area contributed by atoms with E-state index >= 15 is 0 Å². The van der Waals surface area contributed by atoms with Crippen molar-refractivity contribution in [1.82, 2.24) is 5.32 Å². The molecule has 0 atom stereocenters. The van der Waals surface area contributed by atoms with Gasteiger partial charge in [0.1, 0.15) is 0 Å². The predicted molar refractivity (Wildman–Crippen MR) is 62.5 cm³/mol.